The number of rotatable bonds is 4. The molecule has 2 aliphatic rings. The van der Waals surface area contributed by atoms with E-state index in [-0.39, 0.29) is 17.8 Å². The lowest BCUT2D eigenvalue weighted by molar-refractivity contribution is 0.176. The third kappa shape index (κ3) is 3.21. The van der Waals surface area contributed by atoms with Crippen LogP contribution in [0.4, 0.5) is 10.2 Å². The molecule has 0 unspecified atom stereocenters. The number of nitrogens with one attached hydrogen (secondary N) is 1. The Balaban J connectivity index is 1.36. The first-order valence-electron chi connectivity index (χ1n) is 9.65. The van der Waals surface area contributed by atoms with E-state index in [9.17, 15) is 9.50 Å². The quantitative estimate of drug-likeness (QED) is 0.694. The van der Waals surface area contributed by atoms with E-state index < -0.39 is 6.17 Å². The van der Waals surface area contributed by atoms with Gasteiger partial charge in [0.05, 0.1) is 24.1 Å². The molecule has 0 amide bonds. The molecule has 0 aliphatic carbocycles. The zero-order valence-electron chi connectivity index (χ0n) is 15.9. The zero-order chi connectivity index (χ0) is 20.0. The predicted octanol–water partition coefficient (Wildman–Crippen LogP) is 2.57. The van der Waals surface area contributed by atoms with Gasteiger partial charge in [-0.1, -0.05) is 0 Å². The molecule has 8 nitrogen and oxygen atoms in total. The monoisotopic (exact) mass is 396 g/mol. The largest absolute Gasteiger partial charge is 0.507 e. The number of nitrogens with zero attached hydrogens (tertiary/aromatic N) is 5. The van der Waals surface area contributed by atoms with Gasteiger partial charge in [-0.2, -0.15) is 0 Å². The van der Waals surface area contributed by atoms with Gasteiger partial charge in [0, 0.05) is 30.3 Å². The van der Waals surface area contributed by atoms with Crippen molar-refractivity contribution in [1.29, 1.82) is 0 Å². The van der Waals surface area contributed by atoms with E-state index in [0.29, 0.717) is 34.6 Å². The van der Waals surface area contributed by atoms with Gasteiger partial charge in [0.25, 0.3) is 0 Å². The first kappa shape index (κ1) is 18.0. The van der Waals surface area contributed by atoms with Crippen LogP contribution >= 0.6 is 0 Å². The Hall–Kier alpha value is -3.07. The van der Waals surface area contributed by atoms with Gasteiger partial charge in [-0.05, 0) is 37.5 Å². The van der Waals surface area contributed by atoms with Crippen LogP contribution in [0.3, 0.4) is 0 Å². The Kier molecular flexibility index (Phi) is 4.39. The summed E-state index contributed by atoms with van der Waals surface area (Å²) in [6.45, 7) is 0. The Bertz CT molecular complexity index is 997. The molecule has 0 radical (unpaired) electrons. The Morgan fingerprint density at radius 3 is 2.86 bits per heavy atom. The minimum atomic E-state index is -0.929. The summed E-state index contributed by atoms with van der Waals surface area (Å²) in [6.07, 6.45) is 6.19. The minimum absolute atomic E-state index is 0.0369. The maximum absolute atomic E-state index is 14.8. The average Bonchev–Trinajstić information content (AvgIpc) is 3.41. The van der Waals surface area contributed by atoms with Crippen molar-refractivity contribution in [2.45, 2.75) is 43.6 Å². The van der Waals surface area contributed by atoms with Crippen LogP contribution in [0.25, 0.3) is 22.7 Å². The zero-order valence-corrected chi connectivity index (χ0v) is 15.9. The molecule has 2 saturated heterocycles. The number of fused-ring (bicyclic) bond motifs is 2. The molecule has 4 heterocycles. The molecule has 0 saturated carbocycles. The molecule has 4 atom stereocenters. The second-order valence-corrected chi connectivity index (χ2v) is 7.64. The summed E-state index contributed by atoms with van der Waals surface area (Å²) in [7, 11) is 1.86. The highest BCUT2D eigenvalue weighted by Crippen LogP contribution is 2.34. The van der Waals surface area contributed by atoms with Gasteiger partial charge in [-0.15, -0.1) is 10.2 Å². The SMILES string of the molecule is CN(c1cnc(-c2ccc(-c3nnco3)cc2O)cn1)[C@H]1C[C@@H]2CC[C@@H](N2)[C@H]1F. The van der Waals surface area contributed by atoms with Crippen molar-refractivity contribution in [3.63, 3.8) is 0 Å². The molecule has 3 aromatic rings. The topological polar surface area (TPSA) is 100 Å². The highest BCUT2D eigenvalue weighted by Gasteiger charge is 2.43. The number of aromatic nitrogens is 4. The van der Waals surface area contributed by atoms with Crippen LogP contribution in [-0.4, -0.2) is 56.6 Å². The number of alkyl halides is 1. The molecule has 2 fully saturated rings. The summed E-state index contributed by atoms with van der Waals surface area (Å²) < 4.78 is 20.0. The van der Waals surface area contributed by atoms with Crippen molar-refractivity contribution in [1.82, 2.24) is 25.5 Å². The number of anilines is 1. The molecule has 2 N–H and O–H groups in total. The van der Waals surface area contributed by atoms with Crippen LogP contribution in [0.15, 0.2) is 41.4 Å². The van der Waals surface area contributed by atoms with E-state index in [2.05, 4.69) is 25.5 Å². The van der Waals surface area contributed by atoms with Gasteiger partial charge in [-0.3, -0.25) is 4.98 Å². The Morgan fingerprint density at radius 1 is 1.24 bits per heavy atom. The van der Waals surface area contributed by atoms with E-state index in [1.54, 1.807) is 30.6 Å². The number of hydrogen-bond acceptors (Lipinski definition) is 8. The van der Waals surface area contributed by atoms with E-state index in [4.69, 9.17) is 4.42 Å². The summed E-state index contributed by atoms with van der Waals surface area (Å²) in [6, 6.07) is 5.13. The highest BCUT2D eigenvalue weighted by atomic mass is 19.1. The molecule has 2 bridgehead atoms. The van der Waals surface area contributed by atoms with E-state index in [1.807, 2.05) is 11.9 Å². The number of piperidine rings is 1. The molecule has 1 aromatic carbocycles. The van der Waals surface area contributed by atoms with Crippen LogP contribution in [-0.2, 0) is 0 Å². The normalized spacial score (nSPS) is 25.9. The summed E-state index contributed by atoms with van der Waals surface area (Å²) in [5.41, 5.74) is 1.68. The van der Waals surface area contributed by atoms with Gasteiger partial charge < -0.3 is 19.7 Å². The lowest BCUT2D eigenvalue weighted by atomic mass is 9.96. The molecular weight excluding hydrogens is 375 g/mol. The summed E-state index contributed by atoms with van der Waals surface area (Å²) in [5, 5.41) is 21.2. The standard InChI is InChI=1S/C20H21FN6O2/c1-27(16-7-12-3-5-14(25-12)19(16)21)18-9-22-15(8-23-18)13-4-2-11(6-17(13)28)20-26-24-10-29-20/h2,4,6,8-10,12,14,16,19,25,28H,3,5,7H2,1H3/t12-,14+,16-,19+/m0/s1. The molecule has 29 heavy (non-hydrogen) atoms. The van der Waals surface area contributed by atoms with Crippen molar-refractivity contribution >= 4 is 5.82 Å². The van der Waals surface area contributed by atoms with Gasteiger partial charge in [0.1, 0.15) is 17.7 Å². The second-order valence-electron chi connectivity index (χ2n) is 7.64. The first-order valence-corrected chi connectivity index (χ1v) is 9.65. The maximum atomic E-state index is 14.8. The Labute approximate surface area is 166 Å². The highest BCUT2D eigenvalue weighted by molar-refractivity contribution is 5.71. The lowest BCUT2D eigenvalue weighted by Gasteiger charge is -2.38. The van der Waals surface area contributed by atoms with Crippen LogP contribution in [0.1, 0.15) is 19.3 Å². The molecule has 150 valence electrons. The lowest BCUT2D eigenvalue weighted by Crippen LogP contribution is -2.55. The third-order valence-electron chi connectivity index (χ3n) is 5.93. The summed E-state index contributed by atoms with van der Waals surface area (Å²) in [4.78, 5) is 10.8. The minimum Gasteiger partial charge on any atom is -0.507 e. The van der Waals surface area contributed by atoms with E-state index in [0.717, 1.165) is 19.3 Å². The van der Waals surface area contributed by atoms with Crippen molar-refractivity contribution < 1.29 is 13.9 Å². The van der Waals surface area contributed by atoms with Crippen LogP contribution in [0.5, 0.6) is 5.75 Å². The van der Waals surface area contributed by atoms with Crippen molar-refractivity contribution in [2.75, 3.05) is 11.9 Å². The van der Waals surface area contributed by atoms with Crippen molar-refractivity contribution in [3.8, 4) is 28.5 Å². The molecule has 5 rings (SSSR count). The second kappa shape index (κ2) is 7.07. The smallest absolute Gasteiger partial charge is 0.247 e. The fourth-order valence-electron chi connectivity index (χ4n) is 4.34. The van der Waals surface area contributed by atoms with Crippen molar-refractivity contribution in [2.24, 2.45) is 0 Å². The fraction of sp³-hybridized carbons (Fsp3) is 0.400. The average molecular weight is 396 g/mol. The summed E-state index contributed by atoms with van der Waals surface area (Å²) in [5.74, 6) is 0.978. The number of phenols is 1. The molecule has 2 aromatic heterocycles. The molecule has 0 spiro atoms. The number of aromatic hydroxyl groups is 1. The van der Waals surface area contributed by atoms with Gasteiger partial charge in [0.15, 0.2) is 0 Å². The van der Waals surface area contributed by atoms with Crippen LogP contribution in [0, 0.1) is 0 Å². The predicted molar refractivity (Wildman–Crippen MR) is 104 cm³/mol. The third-order valence-corrected chi connectivity index (χ3v) is 5.93. The van der Waals surface area contributed by atoms with Gasteiger partial charge in [-0.25, -0.2) is 9.37 Å². The maximum Gasteiger partial charge on any atom is 0.247 e. The molecule has 2 aliphatic heterocycles. The van der Waals surface area contributed by atoms with Gasteiger partial charge in [0.2, 0.25) is 12.3 Å². The molecule has 9 heteroatoms. The van der Waals surface area contributed by atoms with E-state index >= 15 is 0 Å². The van der Waals surface area contributed by atoms with Crippen LogP contribution in [0.2, 0.25) is 0 Å². The fourth-order valence-corrected chi connectivity index (χ4v) is 4.34. The van der Waals surface area contributed by atoms with Gasteiger partial charge >= 0.3 is 0 Å². The first-order chi connectivity index (χ1) is 14.1. The number of halogens is 1. The van der Waals surface area contributed by atoms with Crippen molar-refractivity contribution in [3.05, 3.63) is 37.0 Å². The number of phenolic OH excluding ortho intramolecular Hbond substituents is 1. The van der Waals surface area contributed by atoms with E-state index in [1.165, 1.54) is 6.39 Å². The Morgan fingerprint density at radius 2 is 2.14 bits per heavy atom. The van der Waals surface area contributed by atoms with Crippen LogP contribution < -0.4 is 10.2 Å². The summed E-state index contributed by atoms with van der Waals surface area (Å²) >= 11 is 0. The number of hydrogen-bond donors (Lipinski definition) is 2. The molecular formula is C20H21FN6O2. The number of benzene rings is 1.